The molecule has 0 bridgehead atoms. The molecule has 0 aliphatic carbocycles. The largest absolute Gasteiger partial charge is 0.385 e. The van der Waals surface area contributed by atoms with Crippen LogP contribution in [0.3, 0.4) is 0 Å². The highest BCUT2D eigenvalue weighted by Gasteiger charge is 1.98. The summed E-state index contributed by atoms with van der Waals surface area (Å²) in [7, 11) is 3.44. The number of ether oxygens (including phenoxy) is 1. The summed E-state index contributed by atoms with van der Waals surface area (Å²) in [5, 5.41) is 6.44. The van der Waals surface area contributed by atoms with Crippen LogP contribution < -0.4 is 10.6 Å². The van der Waals surface area contributed by atoms with Crippen LogP contribution in [0.15, 0.2) is 34.2 Å². The van der Waals surface area contributed by atoms with Crippen molar-refractivity contribution >= 4 is 17.7 Å². The van der Waals surface area contributed by atoms with Gasteiger partial charge in [-0.1, -0.05) is 0 Å². The van der Waals surface area contributed by atoms with Crippen molar-refractivity contribution in [3.8, 4) is 0 Å². The van der Waals surface area contributed by atoms with Crippen molar-refractivity contribution in [1.82, 2.24) is 10.6 Å². The van der Waals surface area contributed by atoms with E-state index >= 15 is 0 Å². The van der Waals surface area contributed by atoms with Crippen molar-refractivity contribution in [2.45, 2.75) is 11.3 Å². The maximum atomic E-state index is 12.7. The van der Waals surface area contributed by atoms with Gasteiger partial charge in [0.15, 0.2) is 5.96 Å². The lowest BCUT2D eigenvalue weighted by Crippen LogP contribution is -2.39. The van der Waals surface area contributed by atoms with E-state index in [9.17, 15) is 4.39 Å². The summed E-state index contributed by atoms with van der Waals surface area (Å²) >= 11 is 1.68. The van der Waals surface area contributed by atoms with Crippen LogP contribution in [-0.2, 0) is 4.74 Å². The quantitative estimate of drug-likeness (QED) is 0.334. The van der Waals surface area contributed by atoms with E-state index in [0.29, 0.717) is 0 Å². The number of benzene rings is 1. The van der Waals surface area contributed by atoms with Crippen molar-refractivity contribution in [3.05, 3.63) is 30.1 Å². The third-order valence-corrected chi connectivity index (χ3v) is 3.53. The van der Waals surface area contributed by atoms with Crippen LogP contribution in [0, 0.1) is 5.82 Å². The molecular formula is C14H22FN3OS. The summed E-state index contributed by atoms with van der Waals surface area (Å²) in [4.78, 5) is 5.20. The normalized spacial score (nSPS) is 11.4. The number of methoxy groups -OCH3 is 1. The molecule has 0 fully saturated rings. The van der Waals surface area contributed by atoms with Gasteiger partial charge in [-0.15, -0.1) is 11.8 Å². The Morgan fingerprint density at radius 1 is 1.25 bits per heavy atom. The molecule has 20 heavy (non-hydrogen) atoms. The molecule has 0 radical (unpaired) electrons. The number of guanidine groups is 1. The standard InChI is InChI=1S/C14H22FN3OS/c1-16-14(17-8-3-10-19-2)18-9-11-20-13-6-4-12(15)5-7-13/h4-7H,3,8-11H2,1-2H3,(H2,16,17,18). The van der Waals surface area contributed by atoms with E-state index in [-0.39, 0.29) is 5.82 Å². The van der Waals surface area contributed by atoms with E-state index in [0.717, 1.165) is 42.7 Å². The van der Waals surface area contributed by atoms with Crippen LogP contribution in [0.2, 0.25) is 0 Å². The first-order chi connectivity index (χ1) is 9.76. The van der Waals surface area contributed by atoms with Gasteiger partial charge < -0.3 is 15.4 Å². The molecule has 0 saturated carbocycles. The van der Waals surface area contributed by atoms with Gasteiger partial charge in [-0.3, -0.25) is 4.99 Å². The lowest BCUT2D eigenvalue weighted by Gasteiger charge is -2.11. The predicted molar refractivity (Wildman–Crippen MR) is 83.0 cm³/mol. The molecule has 0 aliphatic rings. The third kappa shape index (κ3) is 7.35. The molecule has 1 aromatic carbocycles. The van der Waals surface area contributed by atoms with Crippen molar-refractivity contribution in [3.63, 3.8) is 0 Å². The zero-order chi connectivity index (χ0) is 14.6. The fraction of sp³-hybridized carbons (Fsp3) is 0.500. The van der Waals surface area contributed by atoms with E-state index in [1.165, 1.54) is 12.1 Å². The third-order valence-electron chi connectivity index (χ3n) is 2.52. The van der Waals surface area contributed by atoms with E-state index in [1.54, 1.807) is 38.1 Å². The number of halogens is 1. The summed E-state index contributed by atoms with van der Waals surface area (Å²) in [5.74, 6) is 1.48. The molecule has 1 aromatic rings. The Labute approximate surface area is 124 Å². The Kier molecular flexibility index (Phi) is 8.82. The van der Waals surface area contributed by atoms with Gasteiger partial charge in [0.1, 0.15) is 5.82 Å². The van der Waals surface area contributed by atoms with Gasteiger partial charge in [0.2, 0.25) is 0 Å². The molecule has 0 aliphatic heterocycles. The number of aliphatic imine (C=N–C) groups is 1. The summed E-state index contributed by atoms with van der Waals surface area (Å²) in [6.07, 6.45) is 0.946. The number of hydrogen-bond donors (Lipinski definition) is 2. The first-order valence-electron chi connectivity index (χ1n) is 6.58. The second-order valence-electron chi connectivity index (χ2n) is 4.07. The Morgan fingerprint density at radius 3 is 2.60 bits per heavy atom. The number of rotatable bonds is 8. The zero-order valence-corrected chi connectivity index (χ0v) is 12.8. The minimum absolute atomic E-state index is 0.201. The van der Waals surface area contributed by atoms with Crippen molar-refractivity contribution < 1.29 is 9.13 Å². The minimum Gasteiger partial charge on any atom is -0.385 e. The molecule has 1 rings (SSSR count). The van der Waals surface area contributed by atoms with Gasteiger partial charge in [-0.2, -0.15) is 0 Å². The average molecular weight is 299 g/mol. The van der Waals surface area contributed by atoms with E-state index < -0.39 is 0 Å². The van der Waals surface area contributed by atoms with Crippen LogP contribution in [0.1, 0.15) is 6.42 Å². The van der Waals surface area contributed by atoms with Gasteiger partial charge in [0, 0.05) is 44.5 Å². The summed E-state index contributed by atoms with van der Waals surface area (Å²) in [5.41, 5.74) is 0. The van der Waals surface area contributed by atoms with E-state index in [1.807, 2.05) is 0 Å². The van der Waals surface area contributed by atoms with Crippen LogP contribution >= 0.6 is 11.8 Å². The molecule has 0 heterocycles. The van der Waals surface area contributed by atoms with Gasteiger partial charge in [-0.05, 0) is 30.7 Å². The lowest BCUT2D eigenvalue weighted by atomic mass is 10.4. The maximum absolute atomic E-state index is 12.7. The van der Waals surface area contributed by atoms with Crippen molar-refractivity contribution in [1.29, 1.82) is 0 Å². The van der Waals surface area contributed by atoms with Crippen molar-refractivity contribution in [2.75, 3.05) is 39.6 Å². The number of hydrogen-bond acceptors (Lipinski definition) is 3. The molecule has 0 aromatic heterocycles. The fourth-order valence-corrected chi connectivity index (χ4v) is 2.28. The molecule has 4 nitrogen and oxygen atoms in total. The number of nitrogens with one attached hydrogen (secondary N) is 2. The molecule has 0 unspecified atom stereocenters. The monoisotopic (exact) mass is 299 g/mol. The average Bonchev–Trinajstić information content (AvgIpc) is 2.47. The Bertz CT molecular complexity index is 398. The van der Waals surface area contributed by atoms with E-state index in [2.05, 4.69) is 15.6 Å². The fourth-order valence-electron chi connectivity index (χ4n) is 1.51. The molecule has 0 atom stereocenters. The van der Waals surface area contributed by atoms with Gasteiger partial charge >= 0.3 is 0 Å². The SMILES string of the molecule is CN=C(NCCCOC)NCCSc1ccc(F)cc1. The second kappa shape index (κ2) is 10.5. The molecular weight excluding hydrogens is 277 g/mol. The van der Waals surface area contributed by atoms with Gasteiger partial charge in [-0.25, -0.2) is 4.39 Å². The lowest BCUT2D eigenvalue weighted by molar-refractivity contribution is 0.195. The number of thioether (sulfide) groups is 1. The maximum Gasteiger partial charge on any atom is 0.191 e. The molecule has 6 heteroatoms. The highest BCUT2D eigenvalue weighted by Crippen LogP contribution is 2.16. The Hall–Kier alpha value is -1.27. The van der Waals surface area contributed by atoms with Gasteiger partial charge in [0.05, 0.1) is 0 Å². The smallest absolute Gasteiger partial charge is 0.191 e. The van der Waals surface area contributed by atoms with Crippen LogP contribution in [0.25, 0.3) is 0 Å². The van der Waals surface area contributed by atoms with Gasteiger partial charge in [0.25, 0.3) is 0 Å². The minimum atomic E-state index is -0.201. The Balaban J connectivity index is 2.13. The molecule has 0 spiro atoms. The number of nitrogens with zero attached hydrogens (tertiary/aromatic N) is 1. The molecule has 0 amide bonds. The first-order valence-corrected chi connectivity index (χ1v) is 7.56. The summed E-state index contributed by atoms with van der Waals surface area (Å²) in [6, 6.07) is 6.54. The summed E-state index contributed by atoms with van der Waals surface area (Å²) < 4.78 is 17.7. The summed E-state index contributed by atoms with van der Waals surface area (Å²) in [6.45, 7) is 2.37. The van der Waals surface area contributed by atoms with Crippen LogP contribution in [-0.4, -0.2) is 45.6 Å². The molecule has 0 saturated heterocycles. The topological polar surface area (TPSA) is 45.7 Å². The zero-order valence-electron chi connectivity index (χ0n) is 12.0. The molecule has 2 N–H and O–H groups in total. The van der Waals surface area contributed by atoms with Crippen LogP contribution in [0.4, 0.5) is 4.39 Å². The molecule has 112 valence electrons. The second-order valence-corrected chi connectivity index (χ2v) is 5.24. The Morgan fingerprint density at radius 2 is 1.95 bits per heavy atom. The highest BCUT2D eigenvalue weighted by molar-refractivity contribution is 7.99. The predicted octanol–water partition coefficient (Wildman–Crippen LogP) is 2.12. The first kappa shape index (κ1) is 16.8. The van der Waals surface area contributed by atoms with Crippen molar-refractivity contribution in [2.24, 2.45) is 4.99 Å². The van der Waals surface area contributed by atoms with E-state index in [4.69, 9.17) is 4.74 Å². The van der Waals surface area contributed by atoms with Crippen LogP contribution in [0.5, 0.6) is 0 Å². The highest BCUT2D eigenvalue weighted by atomic mass is 32.2.